The Labute approximate surface area is 161 Å². The molecule has 0 saturated heterocycles. The van der Waals surface area contributed by atoms with E-state index in [1.165, 1.54) is 22.1 Å². The number of aliphatic hydroxyl groups is 1. The van der Waals surface area contributed by atoms with Crippen LogP contribution >= 0.6 is 11.3 Å². The van der Waals surface area contributed by atoms with Gasteiger partial charge in [0.05, 0.1) is 22.7 Å². The zero-order chi connectivity index (χ0) is 18.9. The topological polar surface area (TPSA) is 94.0 Å². The van der Waals surface area contributed by atoms with Gasteiger partial charge in [0.25, 0.3) is 5.56 Å². The number of hydrogen-bond donors (Lipinski definition) is 2. The van der Waals surface area contributed by atoms with Crippen LogP contribution in [-0.2, 0) is 6.54 Å². The van der Waals surface area contributed by atoms with Crippen LogP contribution in [0, 0.1) is 0 Å². The van der Waals surface area contributed by atoms with Gasteiger partial charge in [-0.15, -0.1) is 0 Å². The predicted octanol–water partition coefficient (Wildman–Crippen LogP) is 3.31. The summed E-state index contributed by atoms with van der Waals surface area (Å²) < 4.78 is 1.38. The Morgan fingerprint density at radius 1 is 1.11 bits per heavy atom. The van der Waals surface area contributed by atoms with Gasteiger partial charge >= 0.3 is 0 Å². The van der Waals surface area contributed by atoms with Crippen molar-refractivity contribution in [2.24, 2.45) is 0 Å². The fraction of sp³-hybridized carbons (Fsp3) is 0.350. The minimum absolute atomic E-state index is 0.212. The Morgan fingerprint density at radius 2 is 1.85 bits per heavy atom. The fourth-order valence-electron chi connectivity index (χ4n) is 3.63. The average Bonchev–Trinajstić information content (AvgIpc) is 3.06. The summed E-state index contributed by atoms with van der Waals surface area (Å²) in [6.45, 7) is 0.217. The van der Waals surface area contributed by atoms with Gasteiger partial charge in [-0.1, -0.05) is 60.9 Å². The highest BCUT2D eigenvalue weighted by atomic mass is 32.1. The molecular formula is C20H22N4O2S. The molecule has 2 heterocycles. The van der Waals surface area contributed by atoms with E-state index in [1.807, 2.05) is 30.3 Å². The van der Waals surface area contributed by atoms with Crippen LogP contribution in [0.15, 0.2) is 47.3 Å². The Balaban J connectivity index is 1.73. The number of nitrogens with two attached hydrogens (primary N) is 1. The maximum Gasteiger partial charge on any atom is 0.266 e. The quantitative estimate of drug-likeness (QED) is 0.722. The molecule has 0 radical (unpaired) electrons. The van der Waals surface area contributed by atoms with Crippen LogP contribution in [0.3, 0.4) is 0 Å². The molecule has 6 nitrogen and oxygen atoms in total. The van der Waals surface area contributed by atoms with Gasteiger partial charge in [0, 0.05) is 11.6 Å². The molecule has 1 aliphatic carbocycles. The Morgan fingerprint density at radius 3 is 2.59 bits per heavy atom. The normalized spacial score (nSPS) is 16.3. The summed E-state index contributed by atoms with van der Waals surface area (Å²) in [5.74, 6) is 0. The molecule has 0 atom stereocenters. The van der Waals surface area contributed by atoms with Crippen LogP contribution in [0.25, 0.3) is 21.8 Å². The number of nitrogens with zero attached hydrogens (tertiary/aromatic N) is 3. The van der Waals surface area contributed by atoms with Crippen molar-refractivity contribution in [1.82, 2.24) is 14.8 Å². The molecule has 2 aromatic heterocycles. The lowest BCUT2D eigenvalue weighted by molar-refractivity contribution is -0.0153. The summed E-state index contributed by atoms with van der Waals surface area (Å²) in [5, 5.41) is 15.8. The molecule has 140 valence electrons. The van der Waals surface area contributed by atoms with Crippen molar-refractivity contribution in [3.8, 4) is 21.8 Å². The number of nitrogen functional groups attached to an aromatic ring is 1. The lowest BCUT2D eigenvalue weighted by atomic mass is 9.85. The molecule has 1 aliphatic rings. The van der Waals surface area contributed by atoms with E-state index in [9.17, 15) is 9.90 Å². The Bertz CT molecular complexity index is 991. The number of anilines is 1. The van der Waals surface area contributed by atoms with Gasteiger partial charge in [-0.2, -0.15) is 5.10 Å². The van der Waals surface area contributed by atoms with Gasteiger partial charge in [0.1, 0.15) is 5.69 Å². The SMILES string of the molecule is Nc1nc(-c2ccccc2)c(-c2ccc(=O)n(CC3(O)CCCCC3)n2)s1. The molecule has 1 saturated carbocycles. The third-order valence-electron chi connectivity index (χ3n) is 5.02. The van der Waals surface area contributed by atoms with Crippen LogP contribution < -0.4 is 11.3 Å². The fourth-order valence-corrected chi connectivity index (χ4v) is 4.45. The third kappa shape index (κ3) is 3.79. The van der Waals surface area contributed by atoms with Gasteiger partial charge in [0.15, 0.2) is 5.13 Å². The number of benzene rings is 1. The molecule has 0 unspecified atom stereocenters. The van der Waals surface area contributed by atoms with E-state index in [4.69, 9.17) is 5.73 Å². The number of hydrogen-bond acceptors (Lipinski definition) is 6. The molecule has 3 aromatic rings. The Hall–Kier alpha value is -2.51. The summed E-state index contributed by atoms with van der Waals surface area (Å²) in [6, 6.07) is 13.0. The molecule has 0 bridgehead atoms. The average molecular weight is 382 g/mol. The molecular weight excluding hydrogens is 360 g/mol. The van der Waals surface area contributed by atoms with E-state index in [0.29, 0.717) is 23.7 Å². The highest BCUT2D eigenvalue weighted by molar-refractivity contribution is 7.19. The first-order chi connectivity index (χ1) is 13.0. The molecule has 0 aliphatic heterocycles. The maximum absolute atomic E-state index is 12.3. The molecule has 0 amide bonds. The second-order valence-electron chi connectivity index (χ2n) is 7.10. The highest BCUT2D eigenvalue weighted by Gasteiger charge is 2.30. The standard InChI is InChI=1S/C20H22N4O2S/c21-19-22-17(14-7-3-1-4-8-14)18(27-19)15-9-10-16(25)24(23-15)13-20(26)11-5-2-6-12-20/h1,3-4,7-10,26H,2,5-6,11-13H2,(H2,21,22). The maximum atomic E-state index is 12.3. The minimum Gasteiger partial charge on any atom is -0.388 e. The van der Waals surface area contributed by atoms with Crippen molar-refractivity contribution in [3.05, 3.63) is 52.8 Å². The van der Waals surface area contributed by atoms with Crippen molar-refractivity contribution in [2.75, 3.05) is 5.73 Å². The van der Waals surface area contributed by atoms with Gasteiger partial charge < -0.3 is 10.8 Å². The van der Waals surface area contributed by atoms with E-state index in [0.717, 1.165) is 35.4 Å². The summed E-state index contributed by atoms with van der Waals surface area (Å²) in [4.78, 5) is 17.6. The summed E-state index contributed by atoms with van der Waals surface area (Å²) in [6.07, 6.45) is 4.50. The number of thiazole rings is 1. The van der Waals surface area contributed by atoms with Crippen LogP contribution in [0.5, 0.6) is 0 Å². The molecule has 27 heavy (non-hydrogen) atoms. The van der Waals surface area contributed by atoms with Gasteiger partial charge in [0.2, 0.25) is 0 Å². The first-order valence-corrected chi connectivity index (χ1v) is 9.98. The first kappa shape index (κ1) is 17.9. The monoisotopic (exact) mass is 382 g/mol. The first-order valence-electron chi connectivity index (χ1n) is 9.17. The van der Waals surface area contributed by atoms with Gasteiger partial charge in [-0.05, 0) is 18.9 Å². The second kappa shape index (κ2) is 7.25. The van der Waals surface area contributed by atoms with Crippen molar-refractivity contribution < 1.29 is 5.11 Å². The highest BCUT2D eigenvalue weighted by Crippen LogP contribution is 2.36. The van der Waals surface area contributed by atoms with Crippen LogP contribution in [0.2, 0.25) is 0 Å². The number of rotatable bonds is 4. The summed E-state index contributed by atoms with van der Waals surface area (Å²) >= 11 is 1.35. The van der Waals surface area contributed by atoms with E-state index in [2.05, 4.69) is 10.1 Å². The van der Waals surface area contributed by atoms with Gasteiger partial charge in [-0.3, -0.25) is 4.79 Å². The molecule has 7 heteroatoms. The smallest absolute Gasteiger partial charge is 0.266 e. The van der Waals surface area contributed by atoms with Crippen LogP contribution in [0.1, 0.15) is 32.1 Å². The predicted molar refractivity (Wildman–Crippen MR) is 107 cm³/mol. The second-order valence-corrected chi connectivity index (χ2v) is 8.13. The van der Waals surface area contributed by atoms with E-state index >= 15 is 0 Å². The van der Waals surface area contributed by atoms with Crippen molar-refractivity contribution in [1.29, 1.82) is 0 Å². The zero-order valence-electron chi connectivity index (χ0n) is 15.0. The third-order valence-corrected chi connectivity index (χ3v) is 5.93. The van der Waals surface area contributed by atoms with Crippen molar-refractivity contribution in [2.45, 2.75) is 44.2 Å². The zero-order valence-corrected chi connectivity index (χ0v) is 15.8. The largest absolute Gasteiger partial charge is 0.388 e. The van der Waals surface area contributed by atoms with Crippen LogP contribution in [0.4, 0.5) is 5.13 Å². The number of aromatic nitrogens is 3. The van der Waals surface area contributed by atoms with E-state index < -0.39 is 5.60 Å². The minimum atomic E-state index is -0.858. The lowest BCUT2D eigenvalue weighted by Crippen LogP contribution is -2.40. The Kier molecular flexibility index (Phi) is 4.80. The van der Waals surface area contributed by atoms with Crippen molar-refractivity contribution >= 4 is 16.5 Å². The van der Waals surface area contributed by atoms with E-state index in [-0.39, 0.29) is 12.1 Å². The molecule has 3 N–H and O–H groups in total. The van der Waals surface area contributed by atoms with Crippen LogP contribution in [-0.4, -0.2) is 25.5 Å². The van der Waals surface area contributed by atoms with E-state index in [1.54, 1.807) is 6.07 Å². The summed E-state index contributed by atoms with van der Waals surface area (Å²) in [7, 11) is 0. The molecule has 4 rings (SSSR count). The lowest BCUT2D eigenvalue weighted by Gasteiger charge is -2.31. The van der Waals surface area contributed by atoms with Gasteiger partial charge in [-0.25, -0.2) is 9.67 Å². The summed E-state index contributed by atoms with van der Waals surface area (Å²) in [5.41, 5.74) is 7.24. The molecule has 0 spiro atoms. The van der Waals surface area contributed by atoms with Crippen molar-refractivity contribution in [3.63, 3.8) is 0 Å². The molecule has 1 aromatic carbocycles. The molecule has 1 fully saturated rings.